The molecule has 7 nitrogen and oxygen atoms in total. The van der Waals surface area contributed by atoms with Crippen LogP contribution in [0.25, 0.3) is 0 Å². The molecule has 0 spiro atoms. The Balaban J connectivity index is 2.54. The van der Waals surface area contributed by atoms with Crippen molar-refractivity contribution in [2.24, 2.45) is 0 Å². The molecule has 0 bridgehead atoms. The summed E-state index contributed by atoms with van der Waals surface area (Å²) in [5, 5.41) is 11.4. The highest BCUT2D eigenvalue weighted by Gasteiger charge is 2.51. The second-order valence-corrected chi connectivity index (χ2v) is 10.0. The van der Waals surface area contributed by atoms with Gasteiger partial charge in [0.1, 0.15) is 23.6 Å². The van der Waals surface area contributed by atoms with Crippen LogP contribution >= 0.6 is 0 Å². The Hall–Kier alpha value is -2.19. The van der Waals surface area contributed by atoms with Crippen LogP contribution in [0.4, 0.5) is 0 Å². The lowest BCUT2D eigenvalue weighted by Gasteiger charge is -2.42. The van der Waals surface area contributed by atoms with E-state index in [0.29, 0.717) is 13.0 Å². The van der Waals surface area contributed by atoms with E-state index in [1.54, 1.807) is 47.8 Å². The van der Waals surface area contributed by atoms with E-state index in [4.69, 9.17) is 18.9 Å². The maximum atomic E-state index is 13.1. The van der Waals surface area contributed by atoms with Crippen LogP contribution in [0.15, 0.2) is 49.6 Å². The van der Waals surface area contributed by atoms with Gasteiger partial charge in [-0.1, -0.05) is 24.3 Å². The fourth-order valence-electron chi connectivity index (χ4n) is 4.23. The molecule has 0 amide bonds. The van der Waals surface area contributed by atoms with Crippen molar-refractivity contribution in [1.29, 1.82) is 0 Å². The van der Waals surface area contributed by atoms with Crippen LogP contribution in [-0.4, -0.2) is 65.4 Å². The summed E-state index contributed by atoms with van der Waals surface area (Å²) in [5.41, 5.74) is 0.250. The molecule has 0 aliphatic carbocycles. The standard InChI is InChI=1S/C27H41NO6/c1-10-12-17-28(18(3)19-13-15-20(31-9)16-14-19)22(23(29)25(30)34-26(4,5)6)24-21(11-2)32-27(7,8)33-24/h10-11,13-16,18,21-24,29H,1-2,12,17H2,3-9H3/t18-,21-,22+,23-,24-/m1/s1. The number of aliphatic hydroxyl groups excluding tert-OH is 1. The van der Waals surface area contributed by atoms with Crippen LogP contribution in [0.2, 0.25) is 0 Å². The first-order chi connectivity index (χ1) is 15.8. The summed E-state index contributed by atoms with van der Waals surface area (Å²) in [6.07, 6.45) is 1.46. The van der Waals surface area contributed by atoms with E-state index in [-0.39, 0.29) is 6.04 Å². The van der Waals surface area contributed by atoms with E-state index in [9.17, 15) is 9.90 Å². The number of methoxy groups -OCH3 is 1. The van der Waals surface area contributed by atoms with Gasteiger partial charge in [0, 0.05) is 12.6 Å². The summed E-state index contributed by atoms with van der Waals surface area (Å²) in [7, 11) is 1.62. The normalized spacial score (nSPS) is 22.6. The summed E-state index contributed by atoms with van der Waals surface area (Å²) < 4.78 is 23.1. The average Bonchev–Trinajstić information content (AvgIpc) is 3.08. The summed E-state index contributed by atoms with van der Waals surface area (Å²) >= 11 is 0. The van der Waals surface area contributed by atoms with Crippen molar-refractivity contribution in [1.82, 2.24) is 4.90 Å². The second kappa shape index (κ2) is 11.5. The maximum Gasteiger partial charge on any atom is 0.337 e. The molecule has 1 N–H and O–H groups in total. The van der Waals surface area contributed by atoms with Gasteiger partial charge in [-0.25, -0.2) is 4.79 Å². The van der Waals surface area contributed by atoms with Crippen LogP contribution in [0.1, 0.15) is 59.6 Å². The summed E-state index contributed by atoms with van der Waals surface area (Å²) in [4.78, 5) is 15.1. The predicted octanol–water partition coefficient (Wildman–Crippen LogP) is 4.41. The molecule has 5 atom stereocenters. The third-order valence-electron chi connectivity index (χ3n) is 5.77. The Morgan fingerprint density at radius 2 is 1.85 bits per heavy atom. The minimum absolute atomic E-state index is 0.175. The van der Waals surface area contributed by atoms with Crippen LogP contribution in [0, 0.1) is 0 Å². The van der Waals surface area contributed by atoms with Gasteiger partial charge >= 0.3 is 5.97 Å². The van der Waals surface area contributed by atoms with Crippen LogP contribution in [0.3, 0.4) is 0 Å². The first-order valence-corrected chi connectivity index (χ1v) is 11.7. The van der Waals surface area contributed by atoms with Crippen molar-refractivity contribution in [3.8, 4) is 5.75 Å². The van der Waals surface area contributed by atoms with Crippen molar-refractivity contribution in [3.63, 3.8) is 0 Å². The van der Waals surface area contributed by atoms with Crippen molar-refractivity contribution in [2.75, 3.05) is 13.7 Å². The Bertz CT molecular complexity index is 829. The lowest BCUT2D eigenvalue weighted by molar-refractivity contribution is -0.180. The number of nitrogens with zero attached hydrogens (tertiary/aromatic N) is 1. The number of hydrogen-bond acceptors (Lipinski definition) is 7. The topological polar surface area (TPSA) is 77.5 Å². The zero-order chi connectivity index (χ0) is 25.7. The smallest absolute Gasteiger partial charge is 0.337 e. The highest BCUT2D eigenvalue weighted by Crippen LogP contribution is 2.37. The molecular weight excluding hydrogens is 434 g/mol. The maximum absolute atomic E-state index is 13.1. The molecule has 0 unspecified atom stereocenters. The molecule has 1 aliphatic rings. The molecule has 1 saturated heterocycles. The van der Waals surface area contributed by atoms with Gasteiger partial charge in [0.05, 0.1) is 13.2 Å². The summed E-state index contributed by atoms with van der Waals surface area (Å²) in [5.74, 6) is -0.859. The molecule has 2 rings (SSSR count). The van der Waals surface area contributed by atoms with Gasteiger partial charge in [0.25, 0.3) is 0 Å². The second-order valence-electron chi connectivity index (χ2n) is 10.0. The number of ether oxygens (including phenoxy) is 4. The van der Waals surface area contributed by atoms with E-state index >= 15 is 0 Å². The Kier molecular flexibility index (Phi) is 9.48. The molecule has 0 aromatic heterocycles. The molecule has 34 heavy (non-hydrogen) atoms. The number of aliphatic hydroxyl groups is 1. The average molecular weight is 476 g/mol. The number of benzene rings is 1. The molecule has 0 radical (unpaired) electrons. The van der Waals surface area contributed by atoms with Gasteiger partial charge in [-0.3, -0.25) is 4.90 Å². The lowest BCUT2D eigenvalue weighted by atomic mass is 9.94. The number of carbonyl (C=O) groups excluding carboxylic acids is 1. The van der Waals surface area contributed by atoms with E-state index in [0.717, 1.165) is 11.3 Å². The molecule has 7 heteroatoms. The van der Waals surface area contributed by atoms with Crippen LogP contribution in [-0.2, 0) is 19.0 Å². The summed E-state index contributed by atoms with van der Waals surface area (Å²) in [6.45, 7) is 19.2. The number of hydrogen-bond donors (Lipinski definition) is 1. The zero-order valence-electron chi connectivity index (χ0n) is 21.6. The van der Waals surface area contributed by atoms with E-state index in [2.05, 4.69) is 18.1 Å². The largest absolute Gasteiger partial charge is 0.497 e. The van der Waals surface area contributed by atoms with Gasteiger partial charge < -0.3 is 24.1 Å². The Morgan fingerprint density at radius 3 is 2.35 bits per heavy atom. The highest BCUT2D eigenvalue weighted by molar-refractivity contribution is 5.76. The number of rotatable bonds is 11. The molecule has 0 saturated carbocycles. The lowest BCUT2D eigenvalue weighted by Crippen LogP contribution is -2.58. The van der Waals surface area contributed by atoms with Gasteiger partial charge in [0.15, 0.2) is 11.9 Å². The monoisotopic (exact) mass is 475 g/mol. The quantitative estimate of drug-likeness (QED) is 0.375. The number of carbonyl (C=O) groups is 1. The SMILES string of the molecule is C=CCCN([C@H]([C@@H]1OC(C)(C)O[C@@H]1C=C)[C@@H](O)C(=O)OC(C)(C)C)[C@H](C)c1ccc(OC)cc1. The Morgan fingerprint density at radius 1 is 1.24 bits per heavy atom. The summed E-state index contributed by atoms with van der Waals surface area (Å²) in [6, 6.07) is 6.79. The van der Waals surface area contributed by atoms with Gasteiger partial charge in [-0.2, -0.15) is 0 Å². The molecule has 190 valence electrons. The van der Waals surface area contributed by atoms with Crippen molar-refractivity contribution < 1.29 is 28.8 Å². The van der Waals surface area contributed by atoms with Gasteiger partial charge in [-0.15, -0.1) is 13.2 Å². The fraction of sp³-hybridized carbons (Fsp3) is 0.593. The zero-order valence-corrected chi connectivity index (χ0v) is 21.6. The van der Waals surface area contributed by atoms with E-state index < -0.39 is 41.7 Å². The Labute approximate surface area is 204 Å². The van der Waals surface area contributed by atoms with E-state index in [1.165, 1.54) is 0 Å². The van der Waals surface area contributed by atoms with Crippen LogP contribution < -0.4 is 4.74 Å². The molecule has 1 aliphatic heterocycles. The molecule has 1 heterocycles. The fourth-order valence-corrected chi connectivity index (χ4v) is 4.23. The van der Waals surface area contributed by atoms with Gasteiger partial charge in [-0.05, 0) is 65.7 Å². The first kappa shape index (κ1) is 28.1. The van der Waals surface area contributed by atoms with Crippen molar-refractivity contribution in [2.45, 2.75) is 89.7 Å². The third kappa shape index (κ3) is 7.15. The molecule has 1 aromatic rings. The minimum Gasteiger partial charge on any atom is -0.497 e. The van der Waals surface area contributed by atoms with Crippen molar-refractivity contribution >= 4 is 5.97 Å². The minimum atomic E-state index is -1.48. The molecule has 1 aromatic carbocycles. The number of esters is 1. The highest BCUT2D eigenvalue weighted by atomic mass is 16.8. The van der Waals surface area contributed by atoms with Crippen molar-refractivity contribution in [3.05, 3.63) is 55.1 Å². The predicted molar refractivity (Wildman–Crippen MR) is 133 cm³/mol. The van der Waals surface area contributed by atoms with E-state index in [1.807, 2.05) is 37.3 Å². The van der Waals surface area contributed by atoms with Gasteiger partial charge in [0.2, 0.25) is 0 Å². The first-order valence-electron chi connectivity index (χ1n) is 11.7. The van der Waals surface area contributed by atoms with Crippen LogP contribution in [0.5, 0.6) is 5.75 Å². The third-order valence-corrected chi connectivity index (χ3v) is 5.77. The molecular formula is C27H41NO6. The molecule has 1 fully saturated rings.